The van der Waals surface area contributed by atoms with Crippen LogP contribution in [0.4, 0.5) is 0 Å². The molecule has 6 nitrogen and oxygen atoms in total. The number of aryl methyl sites for hydroxylation is 1. The molecule has 1 aromatic heterocycles. The number of furan rings is 1. The Morgan fingerprint density at radius 2 is 1.86 bits per heavy atom. The maximum atomic E-state index is 10.7. The molecule has 0 bridgehead atoms. The van der Waals surface area contributed by atoms with Gasteiger partial charge in [-0.3, -0.25) is 0 Å². The molecular formula is C21H32IN3O3. The zero-order valence-corrected chi connectivity index (χ0v) is 19.6. The van der Waals surface area contributed by atoms with Gasteiger partial charge in [0.15, 0.2) is 5.96 Å². The molecule has 1 heterocycles. The van der Waals surface area contributed by atoms with Crippen molar-refractivity contribution in [3.05, 3.63) is 53.5 Å². The summed E-state index contributed by atoms with van der Waals surface area (Å²) in [5.41, 5.74) is -0.0444. The lowest BCUT2D eigenvalue weighted by atomic mass is 10.0. The van der Waals surface area contributed by atoms with Crippen LogP contribution in [-0.4, -0.2) is 30.3 Å². The highest BCUT2D eigenvalue weighted by Crippen LogP contribution is 2.22. The highest BCUT2D eigenvalue weighted by molar-refractivity contribution is 14.0. The lowest BCUT2D eigenvalue weighted by Gasteiger charge is -2.22. The van der Waals surface area contributed by atoms with Crippen molar-refractivity contribution in [3.63, 3.8) is 0 Å². The minimum atomic E-state index is -1.12. The summed E-state index contributed by atoms with van der Waals surface area (Å²) in [6.45, 7) is 11.1. The van der Waals surface area contributed by atoms with Gasteiger partial charge < -0.3 is 24.9 Å². The standard InChI is InChI=1S/C21H31N3O3.HI/c1-6-22-20(24-14-21(5,25)19-12-7-16(4)27-19)23-13-17-8-10-18(11-9-17)26-15(2)3;/h7-12,15,25H,6,13-14H2,1-5H3,(H2,22,23,24);1H. The van der Waals surface area contributed by atoms with Crippen LogP contribution in [0.5, 0.6) is 5.75 Å². The van der Waals surface area contributed by atoms with E-state index in [4.69, 9.17) is 9.15 Å². The molecule has 0 saturated carbocycles. The Bertz CT molecular complexity index is 740. The molecule has 3 N–H and O–H groups in total. The number of aliphatic hydroxyl groups is 1. The highest BCUT2D eigenvalue weighted by Gasteiger charge is 2.27. The average Bonchev–Trinajstić information content (AvgIpc) is 3.06. The fraction of sp³-hybridized carbons (Fsp3) is 0.476. The summed E-state index contributed by atoms with van der Waals surface area (Å²) >= 11 is 0. The molecule has 28 heavy (non-hydrogen) atoms. The van der Waals surface area contributed by atoms with E-state index in [9.17, 15) is 5.11 Å². The van der Waals surface area contributed by atoms with Crippen molar-refractivity contribution in [2.45, 2.75) is 52.9 Å². The van der Waals surface area contributed by atoms with Gasteiger partial charge >= 0.3 is 0 Å². The van der Waals surface area contributed by atoms with E-state index in [1.807, 2.05) is 58.0 Å². The quantitative estimate of drug-likeness (QED) is 0.290. The number of guanidine groups is 1. The van der Waals surface area contributed by atoms with Crippen LogP contribution in [0, 0.1) is 6.92 Å². The maximum Gasteiger partial charge on any atom is 0.191 e. The van der Waals surface area contributed by atoms with Crippen LogP contribution < -0.4 is 15.4 Å². The van der Waals surface area contributed by atoms with Gasteiger partial charge in [-0.25, -0.2) is 4.99 Å². The fourth-order valence-electron chi connectivity index (χ4n) is 2.52. The van der Waals surface area contributed by atoms with Crippen molar-refractivity contribution in [2.75, 3.05) is 13.1 Å². The summed E-state index contributed by atoms with van der Waals surface area (Å²) in [6, 6.07) is 11.6. The molecule has 2 rings (SSSR count). The first-order chi connectivity index (χ1) is 12.8. The van der Waals surface area contributed by atoms with Gasteiger partial charge in [-0.2, -0.15) is 0 Å². The summed E-state index contributed by atoms with van der Waals surface area (Å²) < 4.78 is 11.2. The second-order valence-electron chi connectivity index (χ2n) is 7.04. The minimum absolute atomic E-state index is 0. The van der Waals surface area contributed by atoms with E-state index >= 15 is 0 Å². The lowest BCUT2D eigenvalue weighted by molar-refractivity contribution is 0.0378. The smallest absolute Gasteiger partial charge is 0.191 e. The number of nitrogens with one attached hydrogen (secondary N) is 2. The second-order valence-corrected chi connectivity index (χ2v) is 7.04. The number of hydrogen-bond donors (Lipinski definition) is 3. The predicted octanol–water partition coefficient (Wildman–Crippen LogP) is 3.96. The summed E-state index contributed by atoms with van der Waals surface area (Å²) in [6.07, 6.45) is 0.157. The molecular weight excluding hydrogens is 469 g/mol. The van der Waals surface area contributed by atoms with Crippen molar-refractivity contribution < 1.29 is 14.3 Å². The first kappa shape index (κ1) is 24.3. The number of ether oxygens (including phenoxy) is 1. The number of rotatable bonds is 8. The van der Waals surface area contributed by atoms with E-state index in [0.29, 0.717) is 18.3 Å². The zero-order valence-electron chi connectivity index (χ0n) is 17.3. The van der Waals surface area contributed by atoms with E-state index in [0.717, 1.165) is 23.6 Å². The Morgan fingerprint density at radius 3 is 2.39 bits per heavy atom. The molecule has 0 aliphatic rings. The maximum absolute atomic E-state index is 10.7. The largest absolute Gasteiger partial charge is 0.491 e. The first-order valence-electron chi connectivity index (χ1n) is 9.37. The Labute approximate surface area is 184 Å². The van der Waals surface area contributed by atoms with Gasteiger partial charge in [0.05, 0.1) is 19.2 Å². The Kier molecular flexibility index (Phi) is 9.81. The SMILES string of the molecule is CCNC(=NCc1ccc(OC(C)C)cc1)NCC(C)(O)c1ccc(C)o1.I. The van der Waals surface area contributed by atoms with Gasteiger partial charge in [0.25, 0.3) is 0 Å². The van der Waals surface area contributed by atoms with Crippen LogP contribution >= 0.6 is 24.0 Å². The molecule has 0 radical (unpaired) electrons. The molecule has 0 aliphatic heterocycles. The minimum Gasteiger partial charge on any atom is -0.491 e. The van der Waals surface area contributed by atoms with Crippen molar-refractivity contribution in [2.24, 2.45) is 4.99 Å². The monoisotopic (exact) mass is 501 g/mol. The first-order valence-corrected chi connectivity index (χ1v) is 9.37. The predicted molar refractivity (Wildman–Crippen MR) is 123 cm³/mol. The molecule has 0 aliphatic carbocycles. The van der Waals surface area contributed by atoms with Crippen LogP contribution in [0.15, 0.2) is 45.8 Å². The van der Waals surface area contributed by atoms with Crippen LogP contribution in [0.25, 0.3) is 0 Å². The Balaban J connectivity index is 0.00000392. The number of hydrogen-bond acceptors (Lipinski definition) is 4. The molecule has 1 atom stereocenters. The third kappa shape index (κ3) is 7.71. The lowest BCUT2D eigenvalue weighted by Crippen LogP contribution is -2.44. The van der Waals surface area contributed by atoms with E-state index in [-0.39, 0.29) is 36.6 Å². The molecule has 156 valence electrons. The highest BCUT2D eigenvalue weighted by atomic mass is 127. The molecule has 1 aromatic carbocycles. The normalized spacial score (nSPS) is 13.6. The van der Waals surface area contributed by atoms with Gasteiger partial charge in [-0.1, -0.05) is 12.1 Å². The fourth-order valence-corrected chi connectivity index (χ4v) is 2.52. The summed E-state index contributed by atoms with van der Waals surface area (Å²) in [4.78, 5) is 4.59. The van der Waals surface area contributed by atoms with Gasteiger partial charge in [0, 0.05) is 6.54 Å². The number of benzene rings is 1. The number of halogens is 1. The third-order valence-corrected chi connectivity index (χ3v) is 3.93. The summed E-state index contributed by atoms with van der Waals surface area (Å²) in [5, 5.41) is 17.0. The summed E-state index contributed by atoms with van der Waals surface area (Å²) in [5.74, 6) is 2.80. The topological polar surface area (TPSA) is 79.0 Å². The van der Waals surface area contributed by atoms with Crippen LogP contribution in [-0.2, 0) is 12.1 Å². The number of nitrogens with zero attached hydrogens (tertiary/aromatic N) is 1. The molecule has 7 heteroatoms. The van der Waals surface area contributed by atoms with Crippen molar-refractivity contribution in [3.8, 4) is 5.75 Å². The zero-order chi connectivity index (χ0) is 19.9. The van der Waals surface area contributed by atoms with E-state index in [1.54, 1.807) is 13.0 Å². The Morgan fingerprint density at radius 1 is 1.18 bits per heavy atom. The molecule has 0 saturated heterocycles. The average molecular weight is 501 g/mol. The molecule has 2 aromatic rings. The van der Waals surface area contributed by atoms with Gasteiger partial charge in [-0.15, -0.1) is 24.0 Å². The molecule has 0 spiro atoms. The van der Waals surface area contributed by atoms with Crippen LogP contribution in [0.1, 0.15) is 44.8 Å². The van der Waals surface area contributed by atoms with Crippen molar-refractivity contribution in [1.29, 1.82) is 0 Å². The van der Waals surface area contributed by atoms with E-state index in [2.05, 4.69) is 15.6 Å². The molecule has 0 amide bonds. The molecule has 0 fully saturated rings. The third-order valence-electron chi connectivity index (χ3n) is 3.93. The summed E-state index contributed by atoms with van der Waals surface area (Å²) in [7, 11) is 0. The van der Waals surface area contributed by atoms with Crippen molar-refractivity contribution in [1.82, 2.24) is 10.6 Å². The van der Waals surface area contributed by atoms with Gasteiger partial charge in [0.2, 0.25) is 0 Å². The van der Waals surface area contributed by atoms with E-state index in [1.165, 1.54) is 0 Å². The van der Waals surface area contributed by atoms with Gasteiger partial charge in [0.1, 0.15) is 22.9 Å². The van der Waals surface area contributed by atoms with Crippen LogP contribution in [0.2, 0.25) is 0 Å². The second kappa shape index (κ2) is 11.3. The van der Waals surface area contributed by atoms with E-state index < -0.39 is 5.60 Å². The Hall–Kier alpha value is -1.74. The van der Waals surface area contributed by atoms with Gasteiger partial charge in [-0.05, 0) is 64.4 Å². The van der Waals surface area contributed by atoms with Crippen LogP contribution in [0.3, 0.4) is 0 Å². The van der Waals surface area contributed by atoms with Crippen molar-refractivity contribution >= 4 is 29.9 Å². The number of aliphatic imine (C=N–C) groups is 1. The molecule has 1 unspecified atom stereocenters.